The van der Waals surface area contributed by atoms with E-state index in [4.69, 9.17) is 10.8 Å². The van der Waals surface area contributed by atoms with Crippen LogP contribution in [0, 0.1) is 0 Å². The molecule has 0 heterocycles. The zero-order valence-electron chi connectivity index (χ0n) is 7.56. The standard InChI is InChI=1S/C10H11NO2.ClH/c11-9-4-6-1-2-7(10(12)13)3-8(6)5-9;/h1-3,9H,4-5,11H2,(H,12,13);1H. The molecule has 0 bridgehead atoms. The summed E-state index contributed by atoms with van der Waals surface area (Å²) in [4.78, 5) is 10.7. The first kappa shape index (κ1) is 11.0. The molecule has 0 radical (unpaired) electrons. The number of hydrogen-bond acceptors (Lipinski definition) is 2. The molecule has 1 aliphatic rings. The van der Waals surface area contributed by atoms with Gasteiger partial charge in [0.25, 0.3) is 0 Å². The Morgan fingerprint density at radius 3 is 2.64 bits per heavy atom. The van der Waals surface area contributed by atoms with Crippen molar-refractivity contribution in [3.8, 4) is 0 Å². The second-order valence-electron chi connectivity index (χ2n) is 3.46. The fourth-order valence-corrected chi connectivity index (χ4v) is 1.79. The number of carbonyl (C=O) groups is 1. The first-order valence-electron chi connectivity index (χ1n) is 4.27. The Bertz CT molecular complexity index is 365. The highest BCUT2D eigenvalue weighted by molar-refractivity contribution is 5.88. The average molecular weight is 214 g/mol. The minimum atomic E-state index is -0.872. The van der Waals surface area contributed by atoms with E-state index in [2.05, 4.69) is 0 Å². The third-order valence-corrected chi connectivity index (χ3v) is 2.42. The third kappa shape index (κ3) is 1.89. The molecule has 1 atom stereocenters. The largest absolute Gasteiger partial charge is 0.478 e. The molecule has 76 valence electrons. The summed E-state index contributed by atoms with van der Waals surface area (Å²) in [5.74, 6) is -0.872. The SMILES string of the molecule is Cl.NC1Cc2ccc(C(=O)O)cc2C1. The van der Waals surface area contributed by atoms with E-state index in [0.29, 0.717) is 5.56 Å². The van der Waals surface area contributed by atoms with Gasteiger partial charge in [-0.05, 0) is 36.1 Å². The summed E-state index contributed by atoms with van der Waals surface area (Å²) in [7, 11) is 0. The average Bonchev–Trinajstić information content (AvgIpc) is 2.42. The van der Waals surface area contributed by atoms with Gasteiger partial charge in [0.1, 0.15) is 0 Å². The summed E-state index contributed by atoms with van der Waals surface area (Å²) >= 11 is 0. The molecule has 14 heavy (non-hydrogen) atoms. The first-order chi connectivity index (χ1) is 6.16. The van der Waals surface area contributed by atoms with Crippen LogP contribution < -0.4 is 5.73 Å². The Morgan fingerprint density at radius 2 is 2.00 bits per heavy atom. The summed E-state index contributed by atoms with van der Waals surface area (Å²) in [6.07, 6.45) is 1.67. The summed E-state index contributed by atoms with van der Waals surface area (Å²) < 4.78 is 0. The van der Waals surface area contributed by atoms with Gasteiger partial charge >= 0.3 is 5.97 Å². The van der Waals surface area contributed by atoms with Crippen molar-refractivity contribution in [1.82, 2.24) is 0 Å². The number of carboxylic acids is 1. The van der Waals surface area contributed by atoms with Gasteiger partial charge in [0.05, 0.1) is 5.56 Å². The second kappa shape index (κ2) is 3.98. The van der Waals surface area contributed by atoms with E-state index in [9.17, 15) is 4.79 Å². The van der Waals surface area contributed by atoms with Crippen LogP contribution in [-0.2, 0) is 12.8 Å². The van der Waals surface area contributed by atoms with Crippen LogP contribution >= 0.6 is 12.4 Å². The van der Waals surface area contributed by atoms with Crippen LogP contribution in [0.4, 0.5) is 0 Å². The number of benzene rings is 1. The van der Waals surface area contributed by atoms with E-state index >= 15 is 0 Å². The number of hydrogen-bond donors (Lipinski definition) is 2. The lowest BCUT2D eigenvalue weighted by atomic mass is 10.1. The number of halogens is 1. The molecule has 1 unspecified atom stereocenters. The van der Waals surface area contributed by atoms with Crippen molar-refractivity contribution in [2.75, 3.05) is 0 Å². The molecule has 0 saturated carbocycles. The monoisotopic (exact) mass is 213 g/mol. The Kier molecular flexibility index (Phi) is 3.13. The van der Waals surface area contributed by atoms with Gasteiger partial charge in [-0.25, -0.2) is 4.79 Å². The van der Waals surface area contributed by atoms with Gasteiger partial charge in [0.15, 0.2) is 0 Å². The highest BCUT2D eigenvalue weighted by Gasteiger charge is 2.18. The fourth-order valence-electron chi connectivity index (χ4n) is 1.79. The molecule has 1 aliphatic carbocycles. The number of rotatable bonds is 1. The molecule has 4 heteroatoms. The Morgan fingerprint density at radius 1 is 1.36 bits per heavy atom. The lowest BCUT2D eigenvalue weighted by Crippen LogP contribution is -2.19. The van der Waals surface area contributed by atoms with E-state index in [-0.39, 0.29) is 18.4 Å². The van der Waals surface area contributed by atoms with Crippen LogP contribution in [0.2, 0.25) is 0 Å². The van der Waals surface area contributed by atoms with Gasteiger partial charge in [-0.3, -0.25) is 0 Å². The predicted molar refractivity (Wildman–Crippen MR) is 56.0 cm³/mol. The van der Waals surface area contributed by atoms with Crippen molar-refractivity contribution >= 4 is 18.4 Å². The van der Waals surface area contributed by atoms with Gasteiger partial charge in [0, 0.05) is 6.04 Å². The Hall–Kier alpha value is -1.06. The van der Waals surface area contributed by atoms with Crippen molar-refractivity contribution < 1.29 is 9.90 Å². The molecule has 3 N–H and O–H groups in total. The molecule has 1 aromatic carbocycles. The van der Waals surface area contributed by atoms with Gasteiger partial charge in [-0.1, -0.05) is 6.07 Å². The fraction of sp³-hybridized carbons (Fsp3) is 0.300. The normalized spacial score (nSPS) is 18.5. The molecule has 0 saturated heterocycles. The molecule has 0 aromatic heterocycles. The van der Waals surface area contributed by atoms with Crippen molar-refractivity contribution in [2.24, 2.45) is 5.73 Å². The Balaban J connectivity index is 0.000000980. The predicted octanol–water partition coefficient (Wildman–Crippen LogP) is 1.23. The summed E-state index contributed by atoms with van der Waals surface area (Å²) in [5, 5.41) is 8.75. The zero-order valence-corrected chi connectivity index (χ0v) is 8.38. The van der Waals surface area contributed by atoms with Crippen molar-refractivity contribution in [1.29, 1.82) is 0 Å². The van der Waals surface area contributed by atoms with Gasteiger partial charge < -0.3 is 10.8 Å². The van der Waals surface area contributed by atoms with Crippen LogP contribution in [-0.4, -0.2) is 17.1 Å². The van der Waals surface area contributed by atoms with Crippen LogP contribution in [0.25, 0.3) is 0 Å². The topological polar surface area (TPSA) is 63.3 Å². The third-order valence-electron chi connectivity index (χ3n) is 2.42. The van der Waals surface area contributed by atoms with E-state index in [1.165, 1.54) is 5.56 Å². The van der Waals surface area contributed by atoms with E-state index in [1.54, 1.807) is 12.1 Å². The smallest absolute Gasteiger partial charge is 0.335 e. The minimum Gasteiger partial charge on any atom is -0.478 e. The molecular formula is C10H12ClNO2. The lowest BCUT2D eigenvalue weighted by Gasteiger charge is -1.99. The maximum atomic E-state index is 10.7. The highest BCUT2D eigenvalue weighted by Crippen LogP contribution is 2.22. The van der Waals surface area contributed by atoms with E-state index < -0.39 is 5.97 Å². The van der Waals surface area contributed by atoms with E-state index in [0.717, 1.165) is 18.4 Å². The van der Waals surface area contributed by atoms with Crippen molar-refractivity contribution in [2.45, 2.75) is 18.9 Å². The van der Waals surface area contributed by atoms with Gasteiger partial charge in [-0.15, -0.1) is 12.4 Å². The quantitative estimate of drug-likeness (QED) is 0.738. The maximum Gasteiger partial charge on any atom is 0.335 e. The molecule has 3 nitrogen and oxygen atoms in total. The number of nitrogens with two attached hydrogens (primary N) is 1. The number of aromatic carboxylic acids is 1. The Labute approximate surface area is 88.3 Å². The molecule has 1 aromatic rings. The molecule has 0 spiro atoms. The van der Waals surface area contributed by atoms with Crippen molar-refractivity contribution in [3.05, 3.63) is 34.9 Å². The minimum absolute atomic E-state index is 0. The lowest BCUT2D eigenvalue weighted by molar-refractivity contribution is 0.0697. The summed E-state index contributed by atoms with van der Waals surface area (Å²) in [6.45, 7) is 0. The molecule has 0 fully saturated rings. The maximum absolute atomic E-state index is 10.7. The highest BCUT2D eigenvalue weighted by atomic mass is 35.5. The second-order valence-corrected chi connectivity index (χ2v) is 3.46. The van der Waals surface area contributed by atoms with Gasteiger partial charge in [0.2, 0.25) is 0 Å². The number of fused-ring (bicyclic) bond motifs is 1. The van der Waals surface area contributed by atoms with Gasteiger partial charge in [-0.2, -0.15) is 0 Å². The molecular weight excluding hydrogens is 202 g/mol. The summed E-state index contributed by atoms with van der Waals surface area (Å²) in [5.41, 5.74) is 8.40. The number of carboxylic acid groups (broad SMARTS) is 1. The zero-order chi connectivity index (χ0) is 9.42. The first-order valence-corrected chi connectivity index (χ1v) is 4.27. The van der Waals surface area contributed by atoms with Crippen LogP contribution in [0.15, 0.2) is 18.2 Å². The van der Waals surface area contributed by atoms with Crippen molar-refractivity contribution in [3.63, 3.8) is 0 Å². The molecule has 2 rings (SSSR count). The van der Waals surface area contributed by atoms with E-state index in [1.807, 2.05) is 6.07 Å². The van der Waals surface area contributed by atoms with Crippen LogP contribution in [0.3, 0.4) is 0 Å². The molecule has 0 aliphatic heterocycles. The van der Waals surface area contributed by atoms with Crippen LogP contribution in [0.1, 0.15) is 21.5 Å². The summed E-state index contributed by atoms with van der Waals surface area (Å²) in [6, 6.07) is 5.40. The molecule has 0 amide bonds. The van der Waals surface area contributed by atoms with Crippen LogP contribution in [0.5, 0.6) is 0 Å².